The van der Waals surface area contributed by atoms with Gasteiger partial charge in [0.15, 0.2) is 15.7 Å². The molecule has 0 aliphatic heterocycles. The zero-order valence-corrected chi connectivity index (χ0v) is 17.4. The topological polar surface area (TPSA) is 91.9 Å². The molecule has 2 N–H and O–H groups in total. The Morgan fingerprint density at radius 3 is 2.41 bits per heavy atom. The minimum absolute atomic E-state index is 0.00315. The lowest BCUT2D eigenvalue weighted by Crippen LogP contribution is -2.18. The third-order valence-corrected chi connectivity index (χ3v) is 6.69. The molecule has 0 saturated heterocycles. The van der Waals surface area contributed by atoms with Crippen LogP contribution in [0, 0.1) is 17.5 Å². The second-order valence-corrected chi connectivity index (χ2v) is 8.96. The van der Waals surface area contributed by atoms with Crippen LogP contribution in [-0.4, -0.2) is 31.6 Å². The number of carbonyl (C=O) groups is 1. The first kappa shape index (κ1) is 21.6. The molecule has 1 heterocycles. The van der Waals surface area contributed by atoms with Crippen LogP contribution in [0.5, 0.6) is 0 Å². The largest absolute Gasteiger partial charge is 0.354 e. The summed E-state index contributed by atoms with van der Waals surface area (Å²) in [6.45, 7) is 0. The first-order valence-corrected chi connectivity index (χ1v) is 11.0. The van der Waals surface area contributed by atoms with E-state index in [1.165, 1.54) is 37.4 Å². The molecular formula is C22H16F3N3O3S. The molecular weight excluding hydrogens is 443 g/mol. The average Bonchev–Trinajstić information content (AvgIpc) is 3.22. The summed E-state index contributed by atoms with van der Waals surface area (Å²) >= 11 is 0. The number of hydrogen-bond donors (Lipinski definition) is 2. The van der Waals surface area contributed by atoms with Crippen LogP contribution >= 0.6 is 0 Å². The van der Waals surface area contributed by atoms with E-state index in [-0.39, 0.29) is 27.1 Å². The van der Waals surface area contributed by atoms with E-state index in [0.717, 1.165) is 18.2 Å². The van der Waals surface area contributed by atoms with Gasteiger partial charge in [0, 0.05) is 23.6 Å². The lowest BCUT2D eigenvalue weighted by atomic mass is 9.99. The van der Waals surface area contributed by atoms with Gasteiger partial charge in [-0.25, -0.2) is 21.6 Å². The van der Waals surface area contributed by atoms with Crippen LogP contribution in [0.15, 0.2) is 59.5 Å². The molecule has 0 unspecified atom stereocenters. The lowest BCUT2D eigenvalue weighted by molar-refractivity contribution is 0.0959. The van der Waals surface area contributed by atoms with Crippen LogP contribution in [0.1, 0.15) is 16.1 Å². The third kappa shape index (κ3) is 3.62. The molecule has 3 aromatic carbocycles. The minimum Gasteiger partial charge on any atom is -0.354 e. The summed E-state index contributed by atoms with van der Waals surface area (Å²) in [4.78, 5) is 11.9. The van der Waals surface area contributed by atoms with Crippen molar-refractivity contribution in [1.29, 1.82) is 0 Å². The second kappa shape index (κ2) is 8.12. The smallest absolute Gasteiger partial charge is 0.269 e. The highest BCUT2D eigenvalue weighted by Crippen LogP contribution is 2.34. The number of H-pyrrole nitrogens is 1. The van der Waals surface area contributed by atoms with E-state index in [1.807, 2.05) is 0 Å². The van der Waals surface area contributed by atoms with Crippen LogP contribution < -0.4 is 5.32 Å². The van der Waals surface area contributed by atoms with Crippen molar-refractivity contribution in [3.05, 3.63) is 83.3 Å². The van der Waals surface area contributed by atoms with Crippen molar-refractivity contribution in [2.75, 3.05) is 7.05 Å². The van der Waals surface area contributed by atoms with E-state index < -0.39 is 50.1 Å². The fourth-order valence-electron chi connectivity index (χ4n) is 3.41. The maximum absolute atomic E-state index is 15.3. The van der Waals surface area contributed by atoms with Crippen LogP contribution in [-0.2, 0) is 15.6 Å². The van der Waals surface area contributed by atoms with Gasteiger partial charge in [-0.05, 0) is 24.3 Å². The lowest BCUT2D eigenvalue weighted by Gasteiger charge is -2.12. The Kier molecular flexibility index (Phi) is 5.47. The Hall–Kier alpha value is -3.66. The van der Waals surface area contributed by atoms with Crippen LogP contribution in [0.25, 0.3) is 22.0 Å². The molecule has 4 aromatic rings. The number of nitrogens with one attached hydrogen (secondary N) is 2. The van der Waals surface area contributed by atoms with Crippen molar-refractivity contribution in [2.24, 2.45) is 0 Å². The quantitative estimate of drug-likeness (QED) is 0.472. The van der Waals surface area contributed by atoms with Gasteiger partial charge in [-0.3, -0.25) is 9.89 Å². The van der Waals surface area contributed by atoms with Gasteiger partial charge in [0.1, 0.15) is 22.8 Å². The van der Waals surface area contributed by atoms with Gasteiger partial charge in [-0.15, -0.1) is 0 Å². The van der Waals surface area contributed by atoms with E-state index in [9.17, 15) is 17.6 Å². The predicted molar refractivity (Wildman–Crippen MR) is 112 cm³/mol. The SMILES string of the molecule is CNC(=O)c1[nH]nc2c(F)c(-c3c(F)ccc(CS(=O)(=O)c4ccccc4)c3F)ccc12. The maximum atomic E-state index is 15.3. The van der Waals surface area contributed by atoms with Gasteiger partial charge in [0.2, 0.25) is 0 Å². The maximum Gasteiger partial charge on any atom is 0.269 e. The molecule has 1 amide bonds. The zero-order chi connectivity index (χ0) is 23.0. The fraction of sp³-hybridized carbons (Fsp3) is 0.0909. The number of fused-ring (bicyclic) bond motifs is 1. The molecule has 164 valence electrons. The standard InChI is InChI=1S/C22H16F3N3O3S/c1-26-22(29)21-15-9-8-14(19(25)20(15)27-28-21)17-16(23)10-7-12(18(17)24)11-32(30,31)13-5-3-2-4-6-13/h2-10H,11H2,1H3,(H,26,29)(H,27,28). The summed E-state index contributed by atoms with van der Waals surface area (Å²) in [6, 6.07) is 11.8. The average molecular weight is 459 g/mol. The van der Waals surface area contributed by atoms with Gasteiger partial charge < -0.3 is 5.32 Å². The van der Waals surface area contributed by atoms with E-state index >= 15 is 8.78 Å². The Morgan fingerprint density at radius 2 is 1.72 bits per heavy atom. The molecule has 0 saturated carbocycles. The summed E-state index contributed by atoms with van der Waals surface area (Å²) in [5, 5.41) is 8.67. The van der Waals surface area contributed by atoms with E-state index in [1.54, 1.807) is 6.07 Å². The summed E-state index contributed by atoms with van der Waals surface area (Å²) in [6.07, 6.45) is 0. The second-order valence-electron chi connectivity index (χ2n) is 6.97. The van der Waals surface area contributed by atoms with E-state index in [0.29, 0.717) is 0 Å². The van der Waals surface area contributed by atoms with Gasteiger partial charge in [-0.2, -0.15) is 5.10 Å². The van der Waals surface area contributed by atoms with Crippen LogP contribution in [0.2, 0.25) is 0 Å². The summed E-state index contributed by atoms with van der Waals surface area (Å²) in [5.74, 6) is -4.57. The number of sulfone groups is 1. The van der Waals surface area contributed by atoms with Crippen molar-refractivity contribution in [2.45, 2.75) is 10.6 Å². The molecule has 0 aliphatic rings. The normalized spacial score (nSPS) is 11.6. The van der Waals surface area contributed by atoms with Crippen molar-refractivity contribution in [3.63, 3.8) is 0 Å². The minimum atomic E-state index is -3.92. The van der Waals surface area contributed by atoms with E-state index in [2.05, 4.69) is 15.5 Å². The molecule has 6 nitrogen and oxygen atoms in total. The zero-order valence-electron chi connectivity index (χ0n) is 16.6. The summed E-state index contributed by atoms with van der Waals surface area (Å²) in [7, 11) is -2.53. The van der Waals surface area contributed by atoms with Crippen LogP contribution in [0.3, 0.4) is 0 Å². The highest BCUT2D eigenvalue weighted by molar-refractivity contribution is 7.90. The number of amides is 1. The number of halogens is 3. The first-order valence-electron chi connectivity index (χ1n) is 9.38. The number of rotatable bonds is 5. The van der Waals surface area contributed by atoms with Crippen molar-refractivity contribution in [1.82, 2.24) is 15.5 Å². The number of carbonyl (C=O) groups excluding carboxylic acids is 1. The van der Waals surface area contributed by atoms with Crippen molar-refractivity contribution < 1.29 is 26.4 Å². The number of aromatic amines is 1. The molecule has 0 spiro atoms. The van der Waals surface area contributed by atoms with Gasteiger partial charge >= 0.3 is 0 Å². The fourth-order valence-corrected chi connectivity index (χ4v) is 4.78. The van der Waals surface area contributed by atoms with Crippen molar-refractivity contribution >= 4 is 26.6 Å². The molecule has 1 aromatic heterocycles. The Morgan fingerprint density at radius 1 is 1.00 bits per heavy atom. The molecule has 0 fully saturated rings. The molecule has 0 bridgehead atoms. The summed E-state index contributed by atoms with van der Waals surface area (Å²) < 4.78 is 70.3. The van der Waals surface area contributed by atoms with Crippen molar-refractivity contribution in [3.8, 4) is 11.1 Å². The van der Waals surface area contributed by atoms with Gasteiger partial charge in [0.05, 0.1) is 16.2 Å². The van der Waals surface area contributed by atoms with Gasteiger partial charge in [-0.1, -0.05) is 30.3 Å². The molecule has 0 atom stereocenters. The van der Waals surface area contributed by atoms with Crippen LogP contribution in [0.4, 0.5) is 13.2 Å². The molecule has 10 heteroatoms. The first-order chi connectivity index (χ1) is 15.2. The van der Waals surface area contributed by atoms with Gasteiger partial charge in [0.25, 0.3) is 5.91 Å². The number of aromatic nitrogens is 2. The molecule has 0 aliphatic carbocycles. The molecule has 32 heavy (non-hydrogen) atoms. The number of nitrogens with zero attached hydrogens (tertiary/aromatic N) is 1. The highest BCUT2D eigenvalue weighted by atomic mass is 32.2. The number of benzene rings is 3. The monoisotopic (exact) mass is 459 g/mol. The Bertz CT molecular complexity index is 1450. The molecule has 4 rings (SSSR count). The third-order valence-electron chi connectivity index (χ3n) is 5.01. The summed E-state index contributed by atoms with van der Waals surface area (Å²) in [5.41, 5.74) is -1.74. The molecule has 0 radical (unpaired) electrons. The highest BCUT2D eigenvalue weighted by Gasteiger charge is 2.25. The Labute approximate surface area is 181 Å². The number of hydrogen-bond acceptors (Lipinski definition) is 4. The predicted octanol–water partition coefficient (Wildman–Crippen LogP) is 3.98. The van der Waals surface area contributed by atoms with E-state index in [4.69, 9.17) is 0 Å². The Balaban J connectivity index is 1.82.